The number of halogens is 1. The lowest BCUT2D eigenvalue weighted by molar-refractivity contribution is 0.103. The van der Waals surface area contributed by atoms with E-state index in [1.165, 1.54) is 11.3 Å². The zero-order chi connectivity index (χ0) is 14.5. The average Bonchev–Trinajstić information content (AvgIpc) is 2.86. The van der Waals surface area contributed by atoms with E-state index in [1.807, 2.05) is 13.0 Å². The van der Waals surface area contributed by atoms with Crippen LogP contribution < -0.4 is 5.32 Å². The molecule has 0 atom stereocenters. The number of carbonyl (C=O) groups excluding carboxylic acids is 1. The lowest BCUT2D eigenvalue weighted by Gasteiger charge is -2.07. The molecule has 20 heavy (non-hydrogen) atoms. The van der Waals surface area contributed by atoms with Crippen LogP contribution in [0.1, 0.15) is 20.8 Å². The van der Waals surface area contributed by atoms with Gasteiger partial charge in [-0.05, 0) is 42.8 Å². The van der Waals surface area contributed by atoms with Gasteiger partial charge in [-0.25, -0.2) is 0 Å². The Balaban J connectivity index is 2.16. The summed E-state index contributed by atoms with van der Waals surface area (Å²) in [7, 11) is 0. The summed E-state index contributed by atoms with van der Waals surface area (Å²) in [5, 5.41) is 11.5. The summed E-state index contributed by atoms with van der Waals surface area (Å²) in [6.45, 7) is 1.72. The Morgan fingerprint density at radius 3 is 2.80 bits per heavy atom. The van der Waals surface area contributed by atoms with Crippen LogP contribution in [0.4, 0.5) is 5.69 Å². The van der Waals surface area contributed by atoms with Gasteiger partial charge in [-0.2, -0.15) is 0 Å². The molecule has 0 spiro atoms. The van der Waals surface area contributed by atoms with E-state index < -0.39 is 0 Å². The molecule has 1 aromatic heterocycles. The second kappa shape index (κ2) is 6.58. The Morgan fingerprint density at radius 1 is 1.40 bits per heavy atom. The van der Waals surface area contributed by atoms with Gasteiger partial charge in [-0.1, -0.05) is 23.4 Å². The van der Waals surface area contributed by atoms with Crippen LogP contribution in [0.2, 0.25) is 4.34 Å². The quantitative estimate of drug-likeness (QED) is 0.836. The zero-order valence-electron chi connectivity index (χ0n) is 10.7. The summed E-state index contributed by atoms with van der Waals surface area (Å²) in [6.07, 6.45) is 0. The second-order valence-electron chi connectivity index (χ2n) is 4.05. The van der Waals surface area contributed by atoms with Crippen molar-refractivity contribution in [3.05, 3.63) is 50.7 Å². The number of nitrogens with one attached hydrogen (secondary N) is 1. The zero-order valence-corrected chi connectivity index (χ0v) is 12.3. The Hall–Kier alpha value is -1.80. The fraction of sp³-hybridized carbons (Fsp3) is 0.133. The van der Waals surface area contributed by atoms with Gasteiger partial charge < -0.3 is 10.4 Å². The molecular formula is C15H12ClNO2S. The van der Waals surface area contributed by atoms with E-state index in [-0.39, 0.29) is 12.5 Å². The molecule has 0 aliphatic rings. The van der Waals surface area contributed by atoms with Gasteiger partial charge >= 0.3 is 0 Å². The lowest BCUT2D eigenvalue weighted by atomic mass is 10.1. The fourth-order valence-corrected chi connectivity index (χ4v) is 2.58. The van der Waals surface area contributed by atoms with Gasteiger partial charge in [0.05, 0.1) is 9.21 Å². The molecule has 0 radical (unpaired) electrons. The Morgan fingerprint density at radius 2 is 2.20 bits per heavy atom. The molecule has 0 unspecified atom stereocenters. The first-order valence-electron chi connectivity index (χ1n) is 5.87. The molecular weight excluding hydrogens is 294 g/mol. The van der Waals surface area contributed by atoms with Gasteiger partial charge in [-0.3, -0.25) is 4.79 Å². The van der Waals surface area contributed by atoms with Gasteiger partial charge in [0.25, 0.3) is 5.91 Å². The summed E-state index contributed by atoms with van der Waals surface area (Å²) in [5.41, 5.74) is 2.44. The standard InChI is InChI=1S/C15H12ClNO2S/c1-10-9-11(3-2-8-18)4-5-12(10)17-15(19)13-6-7-14(16)20-13/h4-7,9,18H,8H2,1H3,(H,17,19). The number of anilines is 1. The Bertz CT molecular complexity index is 697. The van der Waals surface area contributed by atoms with Crippen LogP contribution in [0.3, 0.4) is 0 Å². The van der Waals surface area contributed by atoms with Crippen molar-refractivity contribution in [3.8, 4) is 11.8 Å². The third-order valence-electron chi connectivity index (χ3n) is 2.58. The van der Waals surface area contributed by atoms with Crippen LogP contribution in [0.25, 0.3) is 0 Å². The minimum absolute atomic E-state index is 0.170. The first-order valence-corrected chi connectivity index (χ1v) is 7.06. The Labute approximate surface area is 126 Å². The van der Waals surface area contributed by atoms with Crippen LogP contribution in [0, 0.1) is 18.8 Å². The lowest BCUT2D eigenvalue weighted by Crippen LogP contribution is -2.11. The normalized spacial score (nSPS) is 9.75. The summed E-state index contributed by atoms with van der Waals surface area (Å²) >= 11 is 7.05. The van der Waals surface area contributed by atoms with Crippen molar-refractivity contribution in [2.75, 3.05) is 11.9 Å². The van der Waals surface area contributed by atoms with Crippen molar-refractivity contribution in [3.63, 3.8) is 0 Å². The van der Waals surface area contributed by atoms with Crippen molar-refractivity contribution in [2.45, 2.75) is 6.92 Å². The van der Waals surface area contributed by atoms with Gasteiger partial charge in [0.2, 0.25) is 0 Å². The first kappa shape index (κ1) is 14.6. The predicted molar refractivity (Wildman–Crippen MR) is 82.4 cm³/mol. The Kier molecular flexibility index (Phi) is 4.80. The van der Waals surface area contributed by atoms with Crippen LogP contribution >= 0.6 is 22.9 Å². The SMILES string of the molecule is Cc1cc(C#CCO)ccc1NC(=O)c1ccc(Cl)s1. The molecule has 1 heterocycles. The molecule has 0 bridgehead atoms. The van der Waals surface area contributed by atoms with Crippen LogP contribution in [0.15, 0.2) is 30.3 Å². The highest BCUT2D eigenvalue weighted by Gasteiger charge is 2.10. The number of carbonyl (C=O) groups is 1. The summed E-state index contributed by atoms with van der Waals surface area (Å²) < 4.78 is 0.585. The molecule has 3 nitrogen and oxygen atoms in total. The molecule has 0 saturated heterocycles. The smallest absolute Gasteiger partial charge is 0.265 e. The predicted octanol–water partition coefficient (Wildman–Crippen LogP) is 3.31. The molecule has 1 amide bonds. The topological polar surface area (TPSA) is 49.3 Å². The van der Waals surface area contributed by atoms with Gasteiger partial charge in [0, 0.05) is 11.3 Å². The summed E-state index contributed by atoms with van der Waals surface area (Å²) in [6, 6.07) is 8.84. The number of rotatable bonds is 2. The molecule has 0 aliphatic heterocycles. The van der Waals surface area contributed by atoms with E-state index in [2.05, 4.69) is 17.2 Å². The van der Waals surface area contributed by atoms with E-state index in [9.17, 15) is 4.79 Å². The van der Waals surface area contributed by atoms with E-state index >= 15 is 0 Å². The molecule has 5 heteroatoms. The largest absolute Gasteiger partial charge is 0.384 e. The minimum Gasteiger partial charge on any atom is -0.384 e. The maximum absolute atomic E-state index is 12.0. The fourth-order valence-electron chi connectivity index (χ4n) is 1.64. The third-order valence-corrected chi connectivity index (χ3v) is 3.81. The maximum atomic E-state index is 12.0. The van der Waals surface area contributed by atoms with Crippen LogP contribution in [-0.4, -0.2) is 17.6 Å². The monoisotopic (exact) mass is 305 g/mol. The number of hydrogen-bond donors (Lipinski definition) is 2. The highest BCUT2D eigenvalue weighted by atomic mass is 35.5. The van der Waals surface area contributed by atoms with Crippen LogP contribution in [0.5, 0.6) is 0 Å². The number of thiophene rings is 1. The molecule has 0 saturated carbocycles. The molecule has 2 N–H and O–H groups in total. The van der Waals surface area contributed by atoms with Crippen LogP contribution in [-0.2, 0) is 0 Å². The molecule has 2 aromatic rings. The van der Waals surface area contributed by atoms with Crippen molar-refractivity contribution >= 4 is 34.5 Å². The highest BCUT2D eigenvalue weighted by Crippen LogP contribution is 2.23. The number of amides is 1. The highest BCUT2D eigenvalue weighted by molar-refractivity contribution is 7.18. The average molecular weight is 306 g/mol. The van der Waals surface area contributed by atoms with Gasteiger partial charge in [0.15, 0.2) is 0 Å². The molecule has 2 rings (SSSR count). The summed E-state index contributed by atoms with van der Waals surface area (Å²) in [4.78, 5) is 12.6. The number of aliphatic hydroxyl groups excluding tert-OH is 1. The minimum atomic E-state index is -0.181. The molecule has 102 valence electrons. The number of aryl methyl sites for hydroxylation is 1. The number of hydrogen-bond acceptors (Lipinski definition) is 3. The molecule has 1 aromatic carbocycles. The van der Waals surface area contributed by atoms with Gasteiger partial charge in [0.1, 0.15) is 6.61 Å². The van der Waals surface area contributed by atoms with Gasteiger partial charge in [-0.15, -0.1) is 11.3 Å². The van der Waals surface area contributed by atoms with Crippen molar-refractivity contribution in [1.82, 2.24) is 0 Å². The van der Waals surface area contributed by atoms with E-state index in [4.69, 9.17) is 16.7 Å². The van der Waals surface area contributed by atoms with Crippen molar-refractivity contribution < 1.29 is 9.90 Å². The van der Waals surface area contributed by atoms with E-state index in [0.29, 0.717) is 9.21 Å². The van der Waals surface area contributed by atoms with Crippen molar-refractivity contribution in [2.24, 2.45) is 0 Å². The molecule has 0 fully saturated rings. The van der Waals surface area contributed by atoms with Crippen molar-refractivity contribution in [1.29, 1.82) is 0 Å². The second-order valence-corrected chi connectivity index (χ2v) is 5.76. The number of aliphatic hydroxyl groups is 1. The first-order chi connectivity index (χ1) is 9.60. The summed E-state index contributed by atoms with van der Waals surface area (Å²) in [5.74, 6) is 5.23. The van der Waals surface area contributed by atoms with E-state index in [0.717, 1.165) is 16.8 Å². The third kappa shape index (κ3) is 3.61. The maximum Gasteiger partial charge on any atom is 0.265 e. The van der Waals surface area contributed by atoms with E-state index in [1.54, 1.807) is 24.3 Å². The number of benzene rings is 1. The molecule has 0 aliphatic carbocycles.